The normalized spacial score (nSPS) is 15.8. The molecular weight excluding hydrogens is 326 g/mol. The highest BCUT2D eigenvalue weighted by Gasteiger charge is 2.19. The molecule has 1 heterocycles. The topological polar surface area (TPSA) is 38.5 Å². The molecule has 2 aromatic rings. The van der Waals surface area contributed by atoms with Crippen LogP contribution in [-0.2, 0) is 6.54 Å². The molecule has 0 bridgehead atoms. The van der Waals surface area contributed by atoms with E-state index in [0.717, 1.165) is 55.5 Å². The molecule has 0 atom stereocenters. The van der Waals surface area contributed by atoms with Crippen molar-refractivity contribution in [1.29, 1.82) is 0 Å². The van der Waals surface area contributed by atoms with Gasteiger partial charge in [-0.1, -0.05) is 30.3 Å². The average Bonchev–Trinajstić information content (AvgIpc) is 2.69. The zero-order valence-corrected chi connectivity index (χ0v) is 15.9. The molecular formula is C21H28N3O2+. The number of benzene rings is 2. The minimum absolute atomic E-state index is 0.733. The second-order valence-electron chi connectivity index (χ2n) is 6.62. The van der Waals surface area contributed by atoms with Gasteiger partial charge in [0.05, 0.1) is 46.1 Å². The monoisotopic (exact) mass is 354 g/mol. The van der Waals surface area contributed by atoms with Crippen molar-refractivity contribution in [2.45, 2.75) is 13.5 Å². The predicted molar refractivity (Wildman–Crippen MR) is 104 cm³/mol. The van der Waals surface area contributed by atoms with Crippen LogP contribution in [0.15, 0.2) is 53.6 Å². The summed E-state index contributed by atoms with van der Waals surface area (Å²) >= 11 is 0. The van der Waals surface area contributed by atoms with Gasteiger partial charge in [-0.2, -0.15) is 5.10 Å². The number of hydrogen-bond donors (Lipinski definition) is 1. The Bertz CT molecular complexity index is 738. The summed E-state index contributed by atoms with van der Waals surface area (Å²) in [5.41, 5.74) is 3.46. The maximum atomic E-state index is 5.39. The van der Waals surface area contributed by atoms with Gasteiger partial charge in [-0.15, -0.1) is 0 Å². The summed E-state index contributed by atoms with van der Waals surface area (Å²) in [7, 11) is 3.30. The number of nitrogens with one attached hydrogen (secondary N) is 1. The quantitative estimate of drug-likeness (QED) is 0.805. The van der Waals surface area contributed by atoms with Crippen LogP contribution in [0.4, 0.5) is 0 Å². The first-order valence-corrected chi connectivity index (χ1v) is 9.09. The van der Waals surface area contributed by atoms with Gasteiger partial charge < -0.3 is 14.4 Å². The molecule has 3 rings (SSSR count). The van der Waals surface area contributed by atoms with Crippen molar-refractivity contribution in [3.8, 4) is 11.5 Å². The van der Waals surface area contributed by atoms with Gasteiger partial charge in [-0.25, -0.2) is 0 Å². The number of quaternary nitrogens is 1. The maximum absolute atomic E-state index is 5.39. The van der Waals surface area contributed by atoms with Crippen LogP contribution in [0.3, 0.4) is 0 Å². The van der Waals surface area contributed by atoms with E-state index in [9.17, 15) is 0 Å². The fourth-order valence-electron chi connectivity index (χ4n) is 3.30. The van der Waals surface area contributed by atoms with Gasteiger partial charge in [0.25, 0.3) is 0 Å². The average molecular weight is 354 g/mol. The molecule has 1 aliphatic rings. The lowest BCUT2D eigenvalue weighted by atomic mass is 10.1. The third-order valence-electron chi connectivity index (χ3n) is 4.84. The number of hydrazone groups is 1. The van der Waals surface area contributed by atoms with E-state index in [2.05, 4.69) is 35.3 Å². The van der Waals surface area contributed by atoms with Crippen LogP contribution in [0.5, 0.6) is 11.5 Å². The minimum Gasteiger partial charge on any atom is -0.493 e. The zero-order chi connectivity index (χ0) is 18.4. The van der Waals surface area contributed by atoms with Crippen molar-refractivity contribution in [3.63, 3.8) is 0 Å². The molecule has 0 saturated carbocycles. The van der Waals surface area contributed by atoms with Crippen LogP contribution >= 0.6 is 0 Å². The summed E-state index contributed by atoms with van der Waals surface area (Å²) in [6.45, 7) is 7.31. The van der Waals surface area contributed by atoms with E-state index in [-0.39, 0.29) is 0 Å². The first-order valence-electron chi connectivity index (χ1n) is 9.09. The van der Waals surface area contributed by atoms with Gasteiger partial charge in [0.2, 0.25) is 0 Å². The molecule has 0 radical (unpaired) electrons. The summed E-state index contributed by atoms with van der Waals surface area (Å²) in [6, 6.07) is 16.6. The van der Waals surface area contributed by atoms with Crippen molar-refractivity contribution in [1.82, 2.24) is 5.01 Å². The third kappa shape index (κ3) is 4.55. The summed E-state index contributed by atoms with van der Waals surface area (Å²) in [6.07, 6.45) is 0. The fourth-order valence-corrected chi connectivity index (χ4v) is 3.30. The fraction of sp³-hybridized carbons (Fsp3) is 0.381. The Morgan fingerprint density at radius 1 is 1.00 bits per heavy atom. The predicted octanol–water partition coefficient (Wildman–Crippen LogP) is 1.83. The number of nitrogens with zero attached hydrogens (tertiary/aromatic N) is 2. The lowest BCUT2D eigenvalue weighted by Gasteiger charge is -2.31. The molecule has 2 aromatic carbocycles. The molecule has 138 valence electrons. The molecule has 0 amide bonds. The van der Waals surface area contributed by atoms with E-state index < -0.39 is 0 Å². The summed E-state index contributed by atoms with van der Waals surface area (Å²) < 4.78 is 10.7. The van der Waals surface area contributed by atoms with E-state index in [0.29, 0.717) is 0 Å². The molecule has 5 nitrogen and oxygen atoms in total. The van der Waals surface area contributed by atoms with Crippen LogP contribution in [0.2, 0.25) is 0 Å². The number of piperazine rings is 1. The SMILES string of the molecule is COc1ccc(/C(C)=N\N2CC[NH+](Cc3ccccc3)CC2)cc1OC. The molecule has 0 aromatic heterocycles. The van der Waals surface area contributed by atoms with Crippen LogP contribution < -0.4 is 14.4 Å². The van der Waals surface area contributed by atoms with Gasteiger partial charge in [0, 0.05) is 11.1 Å². The van der Waals surface area contributed by atoms with Crippen molar-refractivity contribution in [2.75, 3.05) is 40.4 Å². The largest absolute Gasteiger partial charge is 0.493 e. The van der Waals surface area contributed by atoms with Gasteiger partial charge in [0.1, 0.15) is 6.54 Å². The highest BCUT2D eigenvalue weighted by Crippen LogP contribution is 2.27. The second-order valence-corrected chi connectivity index (χ2v) is 6.62. The Morgan fingerprint density at radius 2 is 1.69 bits per heavy atom. The number of methoxy groups -OCH3 is 2. The highest BCUT2D eigenvalue weighted by atomic mass is 16.5. The zero-order valence-electron chi connectivity index (χ0n) is 15.9. The van der Waals surface area contributed by atoms with Crippen molar-refractivity contribution in [3.05, 3.63) is 59.7 Å². The van der Waals surface area contributed by atoms with Crippen LogP contribution in [0, 0.1) is 0 Å². The van der Waals surface area contributed by atoms with Crippen molar-refractivity contribution >= 4 is 5.71 Å². The minimum atomic E-state index is 0.733. The number of hydrogen-bond acceptors (Lipinski definition) is 4. The Morgan fingerprint density at radius 3 is 2.35 bits per heavy atom. The van der Waals surface area contributed by atoms with Gasteiger partial charge in [-0.05, 0) is 25.1 Å². The molecule has 1 N–H and O–H groups in total. The van der Waals surface area contributed by atoms with Crippen LogP contribution in [-0.4, -0.2) is 51.1 Å². The van der Waals surface area contributed by atoms with Crippen LogP contribution in [0.1, 0.15) is 18.1 Å². The Balaban J connectivity index is 1.59. The van der Waals surface area contributed by atoms with E-state index >= 15 is 0 Å². The lowest BCUT2D eigenvalue weighted by molar-refractivity contribution is -0.918. The highest BCUT2D eigenvalue weighted by molar-refractivity contribution is 5.99. The maximum Gasteiger partial charge on any atom is 0.161 e. The summed E-state index contributed by atoms with van der Waals surface area (Å²) in [5, 5.41) is 7.00. The molecule has 26 heavy (non-hydrogen) atoms. The van der Waals surface area contributed by atoms with Gasteiger partial charge in [-0.3, -0.25) is 5.01 Å². The Kier molecular flexibility index (Phi) is 6.12. The lowest BCUT2D eigenvalue weighted by Crippen LogP contribution is -3.13. The molecule has 0 aliphatic carbocycles. The summed E-state index contributed by atoms with van der Waals surface area (Å²) in [4.78, 5) is 1.62. The molecule has 0 spiro atoms. The van der Waals surface area contributed by atoms with E-state index in [1.54, 1.807) is 19.1 Å². The van der Waals surface area contributed by atoms with Crippen molar-refractivity contribution in [2.24, 2.45) is 5.10 Å². The second kappa shape index (κ2) is 8.72. The first kappa shape index (κ1) is 18.3. The molecule has 1 aliphatic heterocycles. The molecule has 0 unspecified atom stereocenters. The van der Waals surface area contributed by atoms with Gasteiger partial charge >= 0.3 is 0 Å². The number of ether oxygens (including phenoxy) is 2. The third-order valence-corrected chi connectivity index (χ3v) is 4.84. The van der Waals surface area contributed by atoms with E-state index in [4.69, 9.17) is 14.6 Å². The molecule has 1 fully saturated rings. The Labute approximate surface area is 155 Å². The standard InChI is InChI=1S/C21H27N3O2/c1-17(19-9-10-20(25-2)21(15-19)26-3)22-24-13-11-23(12-14-24)16-18-7-5-4-6-8-18/h4-10,15H,11-14,16H2,1-3H3/p+1/b22-17-. The first-order chi connectivity index (χ1) is 12.7. The van der Waals surface area contributed by atoms with Crippen LogP contribution in [0.25, 0.3) is 0 Å². The smallest absolute Gasteiger partial charge is 0.161 e. The van der Waals surface area contributed by atoms with E-state index in [1.165, 1.54) is 5.56 Å². The Hall–Kier alpha value is -2.53. The molecule has 1 saturated heterocycles. The van der Waals surface area contributed by atoms with Gasteiger partial charge in [0.15, 0.2) is 11.5 Å². The summed E-state index contributed by atoms with van der Waals surface area (Å²) in [5.74, 6) is 1.47. The molecule has 5 heteroatoms. The van der Waals surface area contributed by atoms with Crippen molar-refractivity contribution < 1.29 is 14.4 Å². The van der Waals surface area contributed by atoms with E-state index in [1.807, 2.05) is 25.1 Å². The number of rotatable bonds is 6.